The van der Waals surface area contributed by atoms with E-state index in [1.165, 1.54) is 18.2 Å². The maximum Gasteiger partial charge on any atom is 0.335 e. The molecule has 0 aliphatic carbocycles. The number of para-hydroxylation sites is 1. The lowest BCUT2D eigenvalue weighted by atomic mass is 10.0. The van der Waals surface area contributed by atoms with Gasteiger partial charge in [-0.1, -0.05) is 23.7 Å². The summed E-state index contributed by atoms with van der Waals surface area (Å²) in [6.07, 6.45) is 1.42. The molecule has 3 aliphatic heterocycles. The number of hydrogen-bond acceptors (Lipinski definition) is 6. The Morgan fingerprint density at radius 1 is 1.07 bits per heavy atom. The number of ether oxygens (including phenoxy) is 2. The fraction of sp³-hybridized carbons (Fsp3) is 0.312. The van der Waals surface area contributed by atoms with Crippen molar-refractivity contribution in [3.05, 3.63) is 94.0 Å². The van der Waals surface area contributed by atoms with Gasteiger partial charge in [-0.3, -0.25) is 4.90 Å². The van der Waals surface area contributed by atoms with Crippen molar-refractivity contribution < 1.29 is 28.2 Å². The minimum atomic E-state index is -0.973. The molecule has 43 heavy (non-hydrogen) atoms. The Kier molecular flexibility index (Phi) is 7.28. The minimum absolute atomic E-state index is 0.0883. The van der Waals surface area contributed by atoms with E-state index in [9.17, 15) is 14.3 Å². The third-order valence-electron chi connectivity index (χ3n) is 8.39. The van der Waals surface area contributed by atoms with E-state index in [-0.39, 0.29) is 22.3 Å². The fourth-order valence-corrected chi connectivity index (χ4v) is 6.12. The first-order valence-corrected chi connectivity index (χ1v) is 14.7. The van der Waals surface area contributed by atoms with Gasteiger partial charge in [0.05, 0.1) is 47.0 Å². The molecule has 2 atom stereocenters. The third kappa shape index (κ3) is 5.35. The number of carboxylic acids is 1. The van der Waals surface area contributed by atoms with Crippen LogP contribution in [0.3, 0.4) is 0 Å². The maximum absolute atomic E-state index is 15.2. The quantitative estimate of drug-likeness (QED) is 0.273. The van der Waals surface area contributed by atoms with Crippen molar-refractivity contribution in [1.29, 1.82) is 0 Å². The maximum atomic E-state index is 15.2. The summed E-state index contributed by atoms with van der Waals surface area (Å²) in [7, 11) is 0. The predicted molar refractivity (Wildman–Crippen MR) is 159 cm³/mol. The highest BCUT2D eigenvalue weighted by atomic mass is 35.5. The molecular weight excluding hydrogens is 578 g/mol. The van der Waals surface area contributed by atoms with E-state index in [0.29, 0.717) is 37.5 Å². The van der Waals surface area contributed by atoms with Crippen molar-refractivity contribution in [3.8, 4) is 5.75 Å². The van der Waals surface area contributed by atoms with Gasteiger partial charge < -0.3 is 24.0 Å². The van der Waals surface area contributed by atoms with Crippen LogP contribution in [0.1, 0.15) is 39.8 Å². The summed E-state index contributed by atoms with van der Waals surface area (Å²) >= 11 is 5.92. The van der Waals surface area contributed by atoms with E-state index in [1.807, 2.05) is 6.07 Å². The Labute approximate surface area is 251 Å². The molecule has 0 unspecified atom stereocenters. The van der Waals surface area contributed by atoms with Crippen LogP contribution in [0.25, 0.3) is 16.9 Å². The largest absolute Gasteiger partial charge is 0.478 e. The SMILES string of the molecule is O=C(O)c1ccc2nc(CN3CCN(c4cccc5c4O[C@H](c4ccc(Cl)cc4F)C=C5F)CC3)n(C[C@@H]3CCO3)c2c1. The number of aromatic carboxylic acids is 1. The number of hydrogen-bond donors (Lipinski definition) is 1. The van der Waals surface area contributed by atoms with Crippen LogP contribution in [-0.4, -0.2) is 64.4 Å². The summed E-state index contributed by atoms with van der Waals surface area (Å²) in [5, 5.41) is 9.78. The summed E-state index contributed by atoms with van der Waals surface area (Å²) in [6, 6.07) is 14.7. The van der Waals surface area contributed by atoms with Gasteiger partial charge in [-0.05, 0) is 55.0 Å². The van der Waals surface area contributed by atoms with Crippen molar-refractivity contribution in [3.63, 3.8) is 0 Å². The predicted octanol–water partition coefficient (Wildman–Crippen LogP) is 6.08. The van der Waals surface area contributed by atoms with E-state index in [0.717, 1.165) is 48.7 Å². The molecule has 4 heterocycles. The zero-order chi connectivity index (χ0) is 29.7. The molecule has 222 valence electrons. The number of fused-ring (bicyclic) bond motifs is 2. The Morgan fingerprint density at radius 2 is 1.88 bits per heavy atom. The molecule has 7 rings (SSSR count). The van der Waals surface area contributed by atoms with Crippen molar-refractivity contribution in [1.82, 2.24) is 14.5 Å². The number of benzene rings is 3. The normalized spacial score (nSPS) is 20.3. The number of halogens is 3. The lowest BCUT2D eigenvalue weighted by Gasteiger charge is -2.38. The number of rotatable bonds is 7. The van der Waals surface area contributed by atoms with Gasteiger partial charge in [0, 0.05) is 43.4 Å². The summed E-state index contributed by atoms with van der Waals surface area (Å²) in [5.74, 6) is -0.722. The standard InChI is InChI=1S/C32H29ClF2N4O4/c33-20-5-6-22(24(34)15-20)29-16-25(35)23-2-1-3-27(31(23)43-29)38-11-9-37(10-12-38)18-30-36-26-7-4-19(32(40)41)14-28(26)39(30)17-21-8-13-42-21/h1-7,14-16,21,29H,8-13,17-18H2,(H,40,41)/t21-,29-/m0/s1. The molecule has 2 fully saturated rings. The monoisotopic (exact) mass is 606 g/mol. The highest BCUT2D eigenvalue weighted by Gasteiger charge is 2.30. The molecule has 8 nitrogen and oxygen atoms in total. The minimum Gasteiger partial charge on any atom is -0.478 e. The summed E-state index contributed by atoms with van der Waals surface area (Å²) in [5.41, 5.74) is 3.10. The molecule has 1 N–H and O–H groups in total. The molecule has 4 aromatic rings. The second kappa shape index (κ2) is 11.3. The lowest BCUT2D eigenvalue weighted by molar-refractivity contribution is -0.0592. The van der Waals surface area contributed by atoms with Crippen LogP contribution in [0, 0.1) is 5.82 Å². The fourth-order valence-electron chi connectivity index (χ4n) is 5.96. The van der Waals surface area contributed by atoms with Gasteiger partial charge in [-0.25, -0.2) is 18.6 Å². The number of carbonyl (C=O) groups is 1. The highest BCUT2D eigenvalue weighted by molar-refractivity contribution is 6.30. The van der Waals surface area contributed by atoms with Crippen LogP contribution in [0.2, 0.25) is 5.02 Å². The van der Waals surface area contributed by atoms with Crippen LogP contribution in [0.5, 0.6) is 5.75 Å². The summed E-state index contributed by atoms with van der Waals surface area (Å²) < 4.78 is 43.9. The molecule has 3 aliphatic rings. The van der Waals surface area contributed by atoms with Crippen LogP contribution >= 0.6 is 11.6 Å². The van der Waals surface area contributed by atoms with Crippen LogP contribution in [0.15, 0.2) is 60.7 Å². The first-order chi connectivity index (χ1) is 20.8. The van der Waals surface area contributed by atoms with E-state index in [4.69, 9.17) is 26.1 Å². The number of imidazole rings is 1. The molecule has 2 saturated heterocycles. The van der Waals surface area contributed by atoms with Crippen LogP contribution < -0.4 is 9.64 Å². The summed E-state index contributed by atoms with van der Waals surface area (Å²) in [6.45, 7) is 4.73. The van der Waals surface area contributed by atoms with Gasteiger partial charge in [0.2, 0.25) is 0 Å². The van der Waals surface area contributed by atoms with Gasteiger partial charge in [-0.2, -0.15) is 0 Å². The average Bonchev–Trinajstić information content (AvgIpc) is 3.31. The molecular formula is C32H29ClF2N4O4. The van der Waals surface area contributed by atoms with Crippen LogP contribution in [-0.2, 0) is 17.8 Å². The molecule has 0 amide bonds. The van der Waals surface area contributed by atoms with E-state index >= 15 is 4.39 Å². The first-order valence-electron chi connectivity index (χ1n) is 14.3. The van der Waals surface area contributed by atoms with Crippen molar-refractivity contribution >= 4 is 40.1 Å². The van der Waals surface area contributed by atoms with Crippen molar-refractivity contribution in [2.24, 2.45) is 0 Å². The van der Waals surface area contributed by atoms with E-state index < -0.39 is 23.7 Å². The Hall–Kier alpha value is -3.99. The average molecular weight is 607 g/mol. The Morgan fingerprint density at radius 3 is 2.60 bits per heavy atom. The van der Waals surface area contributed by atoms with Crippen molar-refractivity contribution in [2.45, 2.75) is 31.7 Å². The molecule has 3 aromatic carbocycles. The molecule has 0 radical (unpaired) electrons. The lowest BCUT2D eigenvalue weighted by Crippen LogP contribution is -2.46. The molecule has 11 heteroatoms. The van der Waals surface area contributed by atoms with Crippen LogP contribution in [0.4, 0.5) is 14.5 Å². The molecule has 0 spiro atoms. The van der Waals surface area contributed by atoms with Gasteiger partial charge >= 0.3 is 5.97 Å². The number of anilines is 1. The molecule has 1 aromatic heterocycles. The van der Waals surface area contributed by atoms with Gasteiger partial charge in [0.25, 0.3) is 0 Å². The van der Waals surface area contributed by atoms with E-state index in [1.54, 1.807) is 36.4 Å². The third-order valence-corrected chi connectivity index (χ3v) is 8.63. The number of carboxylic acid groups (broad SMARTS) is 1. The van der Waals surface area contributed by atoms with Gasteiger partial charge in [0.1, 0.15) is 23.6 Å². The number of aromatic nitrogens is 2. The van der Waals surface area contributed by atoms with E-state index in [2.05, 4.69) is 14.4 Å². The Balaban J connectivity index is 1.10. The van der Waals surface area contributed by atoms with Gasteiger partial charge in [0.15, 0.2) is 5.75 Å². The molecule has 0 saturated carbocycles. The highest BCUT2D eigenvalue weighted by Crippen LogP contribution is 2.44. The Bertz CT molecular complexity index is 1750. The smallest absolute Gasteiger partial charge is 0.335 e. The second-order valence-electron chi connectivity index (χ2n) is 11.1. The molecule has 0 bridgehead atoms. The first kappa shape index (κ1) is 27.8. The number of piperazine rings is 1. The number of nitrogens with zero attached hydrogens (tertiary/aromatic N) is 4. The topological polar surface area (TPSA) is 80.1 Å². The van der Waals surface area contributed by atoms with Gasteiger partial charge in [-0.15, -0.1) is 0 Å². The zero-order valence-corrected chi connectivity index (χ0v) is 23.9. The summed E-state index contributed by atoms with van der Waals surface area (Å²) in [4.78, 5) is 20.9. The second-order valence-corrected chi connectivity index (χ2v) is 11.5. The van der Waals surface area contributed by atoms with Crippen molar-refractivity contribution in [2.75, 3.05) is 37.7 Å². The zero-order valence-electron chi connectivity index (χ0n) is 23.2.